The summed E-state index contributed by atoms with van der Waals surface area (Å²) in [4.78, 5) is 19.2. The highest BCUT2D eigenvalue weighted by Gasteiger charge is 2.15. The van der Waals surface area contributed by atoms with Crippen LogP contribution in [0.25, 0.3) is 11.0 Å². The number of hydrogen-bond acceptors (Lipinski definition) is 3. The Morgan fingerprint density at radius 3 is 3.05 bits per heavy atom. The zero-order valence-corrected chi connectivity index (χ0v) is 12.6. The van der Waals surface area contributed by atoms with Crippen LogP contribution in [0.3, 0.4) is 0 Å². The normalized spacial score (nSPS) is 11.8. The van der Waals surface area contributed by atoms with E-state index in [0.717, 1.165) is 29.4 Å². The van der Waals surface area contributed by atoms with Crippen LogP contribution in [0.15, 0.2) is 24.5 Å². The number of rotatable bonds is 7. The van der Waals surface area contributed by atoms with Crippen LogP contribution >= 0.6 is 0 Å². The number of carbonyl (C=O) groups excluding carboxylic acids is 1. The van der Waals surface area contributed by atoms with Crippen LogP contribution in [0.4, 0.5) is 0 Å². The topological polar surface area (TPSA) is 78.0 Å². The van der Waals surface area contributed by atoms with Crippen LogP contribution in [-0.2, 0) is 11.2 Å². The molecule has 0 unspecified atom stereocenters. The van der Waals surface area contributed by atoms with Gasteiger partial charge >= 0.3 is 0 Å². The molecule has 21 heavy (non-hydrogen) atoms. The number of H-pyrrole nitrogens is 1. The van der Waals surface area contributed by atoms with Gasteiger partial charge in [0.15, 0.2) is 0 Å². The predicted octanol–water partition coefficient (Wildman–Crippen LogP) is 2.02. The number of nitrogens with zero attached hydrogens (tertiary/aromatic N) is 1. The van der Waals surface area contributed by atoms with Gasteiger partial charge in [-0.2, -0.15) is 0 Å². The van der Waals surface area contributed by atoms with Gasteiger partial charge < -0.3 is 15.4 Å². The molecule has 0 aliphatic heterocycles. The minimum absolute atomic E-state index is 0.0153. The summed E-state index contributed by atoms with van der Waals surface area (Å²) in [5, 5.41) is 13.1. The lowest BCUT2D eigenvalue weighted by atomic mass is 9.89. The van der Waals surface area contributed by atoms with E-state index in [4.69, 9.17) is 0 Å². The molecule has 2 aromatic heterocycles. The Hall–Kier alpha value is -1.88. The maximum atomic E-state index is 12.0. The molecule has 0 atom stereocenters. The van der Waals surface area contributed by atoms with Gasteiger partial charge in [-0.05, 0) is 36.0 Å². The van der Waals surface area contributed by atoms with E-state index in [9.17, 15) is 9.90 Å². The summed E-state index contributed by atoms with van der Waals surface area (Å²) < 4.78 is 0. The molecule has 2 aromatic rings. The van der Waals surface area contributed by atoms with Gasteiger partial charge in [-0.15, -0.1) is 0 Å². The van der Waals surface area contributed by atoms with Crippen molar-refractivity contribution in [2.45, 2.75) is 33.1 Å². The maximum absolute atomic E-state index is 12.0. The minimum Gasteiger partial charge on any atom is -0.396 e. The number of aliphatic hydroxyl groups is 1. The summed E-state index contributed by atoms with van der Waals surface area (Å²) in [6.07, 6.45) is 5.68. The Kier molecular flexibility index (Phi) is 4.96. The minimum atomic E-state index is -0.0762. The van der Waals surface area contributed by atoms with Gasteiger partial charge in [0.25, 0.3) is 0 Å². The predicted molar refractivity (Wildman–Crippen MR) is 82.9 cm³/mol. The SMILES string of the molecule is CC(C)(CO)CCCNC(=O)Cc1c[nH]c2ncccc12. The van der Waals surface area contributed by atoms with Crippen molar-refractivity contribution in [2.75, 3.05) is 13.2 Å². The summed E-state index contributed by atoms with van der Waals surface area (Å²) >= 11 is 0. The number of carbonyl (C=O) groups is 1. The average Bonchev–Trinajstić information content (AvgIpc) is 2.87. The van der Waals surface area contributed by atoms with E-state index in [0.29, 0.717) is 13.0 Å². The zero-order chi connectivity index (χ0) is 15.3. The fourth-order valence-electron chi connectivity index (χ4n) is 2.27. The number of nitrogens with one attached hydrogen (secondary N) is 2. The molecule has 5 heteroatoms. The lowest BCUT2D eigenvalue weighted by Gasteiger charge is -2.21. The standard InChI is InChI=1S/C16H23N3O2/c1-16(2,11-20)6-4-8-17-14(21)9-12-10-19-15-13(12)5-3-7-18-15/h3,5,7,10,20H,4,6,8-9,11H2,1-2H3,(H,17,21)(H,18,19). The van der Waals surface area contributed by atoms with Crippen molar-refractivity contribution in [3.8, 4) is 0 Å². The molecule has 0 fully saturated rings. The van der Waals surface area contributed by atoms with E-state index in [-0.39, 0.29) is 17.9 Å². The first-order valence-electron chi connectivity index (χ1n) is 7.30. The number of aromatic nitrogens is 2. The highest BCUT2D eigenvalue weighted by molar-refractivity contribution is 5.86. The molecule has 0 aliphatic rings. The summed E-state index contributed by atoms with van der Waals surface area (Å²) in [7, 11) is 0. The van der Waals surface area contributed by atoms with Crippen LogP contribution in [0, 0.1) is 5.41 Å². The number of amides is 1. The van der Waals surface area contributed by atoms with Gasteiger partial charge in [-0.3, -0.25) is 4.79 Å². The molecule has 1 amide bonds. The molecule has 2 rings (SSSR count). The molecule has 0 saturated carbocycles. The summed E-state index contributed by atoms with van der Waals surface area (Å²) in [5.74, 6) is 0.0153. The number of aliphatic hydroxyl groups excluding tert-OH is 1. The fourth-order valence-corrected chi connectivity index (χ4v) is 2.27. The Balaban J connectivity index is 1.80. The Morgan fingerprint density at radius 1 is 1.48 bits per heavy atom. The summed E-state index contributed by atoms with van der Waals surface area (Å²) in [6, 6.07) is 3.83. The van der Waals surface area contributed by atoms with Gasteiger partial charge in [-0.1, -0.05) is 13.8 Å². The number of pyridine rings is 1. The van der Waals surface area contributed by atoms with Crippen molar-refractivity contribution in [1.82, 2.24) is 15.3 Å². The summed E-state index contributed by atoms with van der Waals surface area (Å²) in [6.45, 7) is 4.85. The second kappa shape index (κ2) is 6.72. The molecule has 3 N–H and O–H groups in total. The molecule has 0 radical (unpaired) electrons. The van der Waals surface area contributed by atoms with Crippen LogP contribution in [0.5, 0.6) is 0 Å². The Morgan fingerprint density at radius 2 is 2.29 bits per heavy atom. The molecule has 0 aromatic carbocycles. The van der Waals surface area contributed by atoms with E-state index >= 15 is 0 Å². The second-order valence-corrected chi connectivity index (χ2v) is 6.17. The molecular weight excluding hydrogens is 266 g/mol. The van der Waals surface area contributed by atoms with Gasteiger partial charge in [0.05, 0.1) is 6.42 Å². The van der Waals surface area contributed by atoms with Crippen LogP contribution in [0.2, 0.25) is 0 Å². The third-order valence-electron chi connectivity index (χ3n) is 3.67. The first-order valence-corrected chi connectivity index (χ1v) is 7.30. The largest absolute Gasteiger partial charge is 0.396 e. The lowest BCUT2D eigenvalue weighted by molar-refractivity contribution is -0.120. The number of hydrogen-bond donors (Lipinski definition) is 3. The molecule has 2 heterocycles. The number of fused-ring (bicyclic) bond motifs is 1. The smallest absolute Gasteiger partial charge is 0.224 e. The van der Waals surface area contributed by atoms with E-state index in [2.05, 4.69) is 15.3 Å². The first-order chi connectivity index (χ1) is 10.0. The molecule has 5 nitrogen and oxygen atoms in total. The number of aromatic amines is 1. The second-order valence-electron chi connectivity index (χ2n) is 6.17. The average molecular weight is 289 g/mol. The van der Waals surface area contributed by atoms with E-state index < -0.39 is 0 Å². The Labute approximate surface area is 124 Å². The first kappa shape index (κ1) is 15.5. The van der Waals surface area contributed by atoms with Crippen LogP contribution in [0.1, 0.15) is 32.3 Å². The van der Waals surface area contributed by atoms with Crippen molar-refractivity contribution >= 4 is 16.9 Å². The quantitative estimate of drug-likeness (QED) is 0.682. The van der Waals surface area contributed by atoms with Crippen molar-refractivity contribution in [3.63, 3.8) is 0 Å². The van der Waals surface area contributed by atoms with Crippen molar-refractivity contribution in [2.24, 2.45) is 5.41 Å². The molecule has 0 aliphatic carbocycles. The molecule has 0 saturated heterocycles. The van der Waals surface area contributed by atoms with Crippen molar-refractivity contribution in [1.29, 1.82) is 0 Å². The van der Waals surface area contributed by atoms with Gasteiger partial charge in [0, 0.05) is 30.9 Å². The van der Waals surface area contributed by atoms with Gasteiger partial charge in [0.1, 0.15) is 5.65 Å². The van der Waals surface area contributed by atoms with E-state index in [1.165, 1.54) is 0 Å². The Bertz CT molecular complexity index is 604. The maximum Gasteiger partial charge on any atom is 0.224 e. The lowest BCUT2D eigenvalue weighted by Crippen LogP contribution is -2.27. The highest BCUT2D eigenvalue weighted by atomic mass is 16.3. The third kappa shape index (κ3) is 4.29. The van der Waals surface area contributed by atoms with Crippen molar-refractivity contribution in [3.05, 3.63) is 30.1 Å². The third-order valence-corrected chi connectivity index (χ3v) is 3.67. The van der Waals surface area contributed by atoms with E-state index in [1.54, 1.807) is 6.20 Å². The van der Waals surface area contributed by atoms with E-state index in [1.807, 2.05) is 32.2 Å². The zero-order valence-electron chi connectivity index (χ0n) is 12.6. The monoisotopic (exact) mass is 289 g/mol. The summed E-state index contributed by atoms with van der Waals surface area (Å²) in [5.41, 5.74) is 1.70. The van der Waals surface area contributed by atoms with Gasteiger partial charge in [0.2, 0.25) is 5.91 Å². The molecule has 0 bridgehead atoms. The fraction of sp³-hybridized carbons (Fsp3) is 0.500. The van der Waals surface area contributed by atoms with Crippen LogP contribution < -0.4 is 5.32 Å². The molecular formula is C16H23N3O2. The highest BCUT2D eigenvalue weighted by Crippen LogP contribution is 2.20. The van der Waals surface area contributed by atoms with Gasteiger partial charge in [-0.25, -0.2) is 4.98 Å². The molecule has 114 valence electrons. The van der Waals surface area contributed by atoms with Crippen LogP contribution in [-0.4, -0.2) is 34.1 Å². The molecule has 0 spiro atoms. The van der Waals surface area contributed by atoms with Crippen molar-refractivity contribution < 1.29 is 9.90 Å².